The third kappa shape index (κ3) is 4.49. The van der Waals surface area contributed by atoms with Crippen molar-refractivity contribution in [3.63, 3.8) is 0 Å². The van der Waals surface area contributed by atoms with Crippen molar-refractivity contribution in [1.29, 1.82) is 0 Å². The molecule has 92 valence electrons. The molecule has 0 aromatic heterocycles. The van der Waals surface area contributed by atoms with Crippen molar-refractivity contribution in [2.45, 2.75) is 12.8 Å². The second-order valence-corrected chi connectivity index (χ2v) is 3.81. The summed E-state index contributed by atoms with van der Waals surface area (Å²) in [6, 6.07) is 5.80. The van der Waals surface area contributed by atoms with E-state index in [1.165, 1.54) is 6.92 Å². The Labute approximate surface area is 106 Å². The van der Waals surface area contributed by atoms with Crippen LogP contribution in [-0.2, 0) is 10.7 Å². The lowest BCUT2D eigenvalue weighted by atomic mass is 10.1. The Morgan fingerprint density at radius 3 is 2.88 bits per heavy atom. The van der Waals surface area contributed by atoms with Crippen molar-refractivity contribution in [2.75, 3.05) is 13.7 Å². The molecule has 0 aliphatic heterocycles. The van der Waals surface area contributed by atoms with E-state index in [2.05, 4.69) is 5.32 Å². The van der Waals surface area contributed by atoms with Crippen molar-refractivity contribution in [3.8, 4) is 5.75 Å². The molecule has 1 aromatic rings. The summed E-state index contributed by atoms with van der Waals surface area (Å²) in [6.07, 6.45) is 3.83. The monoisotopic (exact) mass is 253 g/mol. The van der Waals surface area contributed by atoms with Crippen molar-refractivity contribution in [1.82, 2.24) is 5.32 Å². The van der Waals surface area contributed by atoms with Crippen LogP contribution < -0.4 is 10.1 Å². The topological polar surface area (TPSA) is 38.3 Å². The SMILES string of the molecule is COc1ccc(C=CCNC(C)=O)cc1CCl. The van der Waals surface area contributed by atoms with Gasteiger partial charge in [0.25, 0.3) is 0 Å². The van der Waals surface area contributed by atoms with Crippen LogP contribution in [0.2, 0.25) is 0 Å². The number of alkyl halides is 1. The minimum Gasteiger partial charge on any atom is -0.496 e. The summed E-state index contributed by atoms with van der Waals surface area (Å²) in [5.41, 5.74) is 1.99. The minimum atomic E-state index is -0.0363. The molecule has 1 aromatic carbocycles. The van der Waals surface area contributed by atoms with Gasteiger partial charge in [0.1, 0.15) is 5.75 Å². The zero-order chi connectivity index (χ0) is 12.7. The van der Waals surface area contributed by atoms with Gasteiger partial charge in [-0.25, -0.2) is 0 Å². The average Bonchev–Trinajstić information content (AvgIpc) is 2.34. The molecule has 0 unspecified atom stereocenters. The van der Waals surface area contributed by atoms with Crippen LogP contribution in [0.1, 0.15) is 18.1 Å². The summed E-state index contributed by atoms with van der Waals surface area (Å²) in [5, 5.41) is 2.69. The molecule has 0 bridgehead atoms. The van der Waals surface area contributed by atoms with Gasteiger partial charge in [0, 0.05) is 19.0 Å². The third-order valence-electron chi connectivity index (χ3n) is 2.23. The summed E-state index contributed by atoms with van der Waals surface area (Å²) >= 11 is 5.82. The van der Waals surface area contributed by atoms with Crippen molar-refractivity contribution in [3.05, 3.63) is 35.4 Å². The molecule has 0 heterocycles. The van der Waals surface area contributed by atoms with Crippen LogP contribution in [0.3, 0.4) is 0 Å². The molecule has 0 atom stereocenters. The number of ether oxygens (including phenoxy) is 1. The Bertz CT molecular complexity index is 416. The molecular formula is C13H16ClNO2. The summed E-state index contributed by atoms with van der Waals surface area (Å²) in [7, 11) is 1.62. The lowest BCUT2D eigenvalue weighted by Gasteiger charge is -2.06. The van der Waals surface area contributed by atoms with E-state index in [0.717, 1.165) is 16.9 Å². The van der Waals surface area contributed by atoms with Gasteiger partial charge in [-0.15, -0.1) is 11.6 Å². The van der Waals surface area contributed by atoms with Crippen molar-refractivity contribution < 1.29 is 9.53 Å². The summed E-state index contributed by atoms with van der Waals surface area (Å²) in [5.74, 6) is 1.17. The summed E-state index contributed by atoms with van der Waals surface area (Å²) < 4.78 is 5.18. The number of amides is 1. The van der Waals surface area contributed by atoms with Crippen LogP contribution in [0.4, 0.5) is 0 Å². The first-order chi connectivity index (χ1) is 8.17. The molecule has 3 nitrogen and oxygen atoms in total. The highest BCUT2D eigenvalue weighted by atomic mass is 35.5. The van der Waals surface area contributed by atoms with E-state index in [1.807, 2.05) is 30.4 Å². The first kappa shape index (κ1) is 13.6. The van der Waals surface area contributed by atoms with E-state index in [0.29, 0.717) is 12.4 Å². The molecule has 1 N–H and O–H groups in total. The maximum atomic E-state index is 10.7. The van der Waals surface area contributed by atoms with Crippen LogP contribution in [0.15, 0.2) is 24.3 Å². The fraction of sp³-hybridized carbons (Fsp3) is 0.308. The van der Waals surface area contributed by atoms with Gasteiger partial charge < -0.3 is 10.1 Å². The predicted octanol–water partition coefficient (Wildman–Crippen LogP) is 2.58. The Morgan fingerprint density at radius 1 is 1.53 bits per heavy atom. The maximum absolute atomic E-state index is 10.7. The first-order valence-corrected chi connectivity index (χ1v) is 5.84. The van der Waals surface area contributed by atoms with Gasteiger partial charge in [0.2, 0.25) is 5.91 Å². The van der Waals surface area contributed by atoms with Crippen LogP contribution in [0, 0.1) is 0 Å². The van der Waals surface area contributed by atoms with Gasteiger partial charge in [0.05, 0.1) is 13.0 Å². The largest absolute Gasteiger partial charge is 0.496 e. The molecule has 1 amide bonds. The van der Waals surface area contributed by atoms with Gasteiger partial charge >= 0.3 is 0 Å². The summed E-state index contributed by atoms with van der Waals surface area (Å²) in [6.45, 7) is 2.02. The van der Waals surface area contributed by atoms with E-state index in [1.54, 1.807) is 7.11 Å². The normalized spacial score (nSPS) is 10.5. The van der Waals surface area contributed by atoms with Gasteiger partial charge in [-0.2, -0.15) is 0 Å². The molecule has 0 saturated carbocycles. The van der Waals surface area contributed by atoms with Crippen molar-refractivity contribution in [2.24, 2.45) is 0 Å². The van der Waals surface area contributed by atoms with Gasteiger partial charge in [-0.1, -0.05) is 18.2 Å². The number of carbonyl (C=O) groups excluding carboxylic acids is 1. The van der Waals surface area contributed by atoms with E-state index in [-0.39, 0.29) is 5.91 Å². The molecule has 1 rings (SSSR count). The van der Waals surface area contributed by atoms with Gasteiger partial charge in [-0.3, -0.25) is 4.79 Å². The zero-order valence-electron chi connectivity index (χ0n) is 10.00. The van der Waals surface area contributed by atoms with Gasteiger partial charge in [0.15, 0.2) is 0 Å². The standard InChI is InChI=1S/C13H16ClNO2/c1-10(16)15-7-3-4-11-5-6-13(17-2)12(8-11)9-14/h3-6,8H,7,9H2,1-2H3,(H,15,16). The molecule has 17 heavy (non-hydrogen) atoms. The second kappa shape index (κ2) is 6.97. The molecule has 0 radical (unpaired) electrons. The van der Waals surface area contributed by atoms with Gasteiger partial charge in [-0.05, 0) is 17.7 Å². The lowest BCUT2D eigenvalue weighted by Crippen LogP contribution is -2.19. The van der Waals surface area contributed by atoms with E-state index in [9.17, 15) is 4.79 Å². The molecule has 0 aliphatic carbocycles. The fourth-order valence-corrected chi connectivity index (χ4v) is 1.61. The van der Waals surface area contributed by atoms with E-state index in [4.69, 9.17) is 16.3 Å². The second-order valence-electron chi connectivity index (χ2n) is 3.54. The molecular weight excluding hydrogens is 238 g/mol. The van der Waals surface area contributed by atoms with Crippen LogP contribution >= 0.6 is 11.6 Å². The third-order valence-corrected chi connectivity index (χ3v) is 2.52. The highest BCUT2D eigenvalue weighted by Crippen LogP contribution is 2.22. The highest BCUT2D eigenvalue weighted by molar-refractivity contribution is 6.17. The highest BCUT2D eigenvalue weighted by Gasteiger charge is 2.01. The predicted molar refractivity (Wildman–Crippen MR) is 70.3 cm³/mol. The van der Waals surface area contributed by atoms with Crippen molar-refractivity contribution >= 4 is 23.6 Å². The maximum Gasteiger partial charge on any atom is 0.217 e. The number of nitrogens with one attached hydrogen (secondary N) is 1. The quantitative estimate of drug-likeness (QED) is 0.819. The Kier molecular flexibility index (Phi) is 5.57. The average molecular weight is 254 g/mol. The van der Waals surface area contributed by atoms with Crippen LogP contribution in [-0.4, -0.2) is 19.6 Å². The molecule has 0 aliphatic rings. The smallest absolute Gasteiger partial charge is 0.217 e. The van der Waals surface area contributed by atoms with E-state index < -0.39 is 0 Å². The molecule has 0 saturated heterocycles. The minimum absolute atomic E-state index is 0.0363. The Hall–Kier alpha value is -1.48. The van der Waals surface area contributed by atoms with Crippen LogP contribution in [0.5, 0.6) is 5.75 Å². The molecule has 4 heteroatoms. The summed E-state index contributed by atoms with van der Waals surface area (Å²) in [4.78, 5) is 10.7. The number of benzene rings is 1. The van der Waals surface area contributed by atoms with Crippen LogP contribution in [0.25, 0.3) is 6.08 Å². The molecule has 0 spiro atoms. The number of hydrogen-bond donors (Lipinski definition) is 1. The lowest BCUT2D eigenvalue weighted by molar-refractivity contribution is -0.118. The number of rotatable bonds is 5. The zero-order valence-corrected chi connectivity index (χ0v) is 10.8. The fourth-order valence-electron chi connectivity index (χ4n) is 1.40. The number of hydrogen-bond acceptors (Lipinski definition) is 2. The molecule has 0 fully saturated rings. The number of carbonyl (C=O) groups is 1. The Morgan fingerprint density at radius 2 is 2.29 bits per heavy atom. The Balaban J connectivity index is 2.68. The first-order valence-electron chi connectivity index (χ1n) is 5.31. The van der Waals surface area contributed by atoms with E-state index >= 15 is 0 Å². The number of halogens is 1. The number of methoxy groups -OCH3 is 1.